The second kappa shape index (κ2) is 6.16. The molecule has 3 N–H and O–H groups in total. The molecular formula is C16H18N2O. The third-order valence-corrected chi connectivity index (χ3v) is 2.90. The van der Waals surface area contributed by atoms with Crippen LogP contribution in [0.5, 0.6) is 0 Å². The summed E-state index contributed by atoms with van der Waals surface area (Å²) in [6, 6.07) is 17.3. The van der Waals surface area contributed by atoms with Crippen molar-refractivity contribution in [3.05, 3.63) is 65.7 Å². The molecular weight excluding hydrogens is 236 g/mol. The highest BCUT2D eigenvalue weighted by Gasteiger charge is 2.05. The summed E-state index contributed by atoms with van der Waals surface area (Å²) in [6.07, 6.45) is 0.378. The average molecular weight is 254 g/mol. The second-order valence-electron chi connectivity index (χ2n) is 4.62. The molecule has 2 aromatic carbocycles. The molecule has 1 atom stereocenters. The van der Waals surface area contributed by atoms with Crippen molar-refractivity contribution >= 4 is 11.6 Å². The number of carbonyl (C=O) groups is 1. The Labute approximate surface area is 113 Å². The molecule has 0 saturated heterocycles. The van der Waals surface area contributed by atoms with E-state index in [-0.39, 0.29) is 11.9 Å². The SMILES string of the molecule is CC(N)c1cccc(NC(=O)Cc2ccccc2)c1. The van der Waals surface area contributed by atoms with Gasteiger partial charge in [-0.05, 0) is 30.2 Å². The van der Waals surface area contributed by atoms with Crippen LogP contribution in [0.2, 0.25) is 0 Å². The maximum atomic E-state index is 11.9. The van der Waals surface area contributed by atoms with Crippen LogP contribution in [-0.2, 0) is 11.2 Å². The van der Waals surface area contributed by atoms with Gasteiger partial charge < -0.3 is 11.1 Å². The van der Waals surface area contributed by atoms with Crippen molar-refractivity contribution in [2.24, 2.45) is 5.73 Å². The number of amides is 1. The molecule has 98 valence electrons. The minimum Gasteiger partial charge on any atom is -0.326 e. The lowest BCUT2D eigenvalue weighted by Gasteiger charge is -2.09. The van der Waals surface area contributed by atoms with E-state index >= 15 is 0 Å². The first-order valence-corrected chi connectivity index (χ1v) is 6.34. The highest BCUT2D eigenvalue weighted by molar-refractivity contribution is 5.92. The molecule has 0 aromatic heterocycles. The van der Waals surface area contributed by atoms with Crippen LogP contribution in [0, 0.1) is 0 Å². The minimum absolute atomic E-state index is 0.0203. The molecule has 0 bridgehead atoms. The molecule has 2 aromatic rings. The van der Waals surface area contributed by atoms with E-state index in [4.69, 9.17) is 5.73 Å². The Balaban J connectivity index is 2.01. The van der Waals surface area contributed by atoms with Gasteiger partial charge >= 0.3 is 0 Å². The quantitative estimate of drug-likeness (QED) is 0.881. The summed E-state index contributed by atoms with van der Waals surface area (Å²) in [5, 5.41) is 2.89. The van der Waals surface area contributed by atoms with Crippen LogP contribution < -0.4 is 11.1 Å². The Kier molecular flexibility index (Phi) is 4.31. The van der Waals surface area contributed by atoms with Gasteiger partial charge in [0.1, 0.15) is 0 Å². The topological polar surface area (TPSA) is 55.1 Å². The van der Waals surface area contributed by atoms with Crippen LogP contribution in [0.1, 0.15) is 24.1 Å². The summed E-state index contributed by atoms with van der Waals surface area (Å²) in [6.45, 7) is 1.92. The first kappa shape index (κ1) is 13.3. The van der Waals surface area contributed by atoms with Gasteiger partial charge in [0.15, 0.2) is 0 Å². The van der Waals surface area contributed by atoms with Crippen molar-refractivity contribution in [3.8, 4) is 0 Å². The van der Waals surface area contributed by atoms with Crippen molar-refractivity contribution < 1.29 is 4.79 Å². The zero-order chi connectivity index (χ0) is 13.7. The lowest BCUT2D eigenvalue weighted by Crippen LogP contribution is -2.15. The maximum absolute atomic E-state index is 11.9. The summed E-state index contributed by atoms with van der Waals surface area (Å²) in [5.74, 6) is -0.0203. The van der Waals surface area contributed by atoms with Crippen LogP contribution in [0.15, 0.2) is 54.6 Å². The number of nitrogens with one attached hydrogen (secondary N) is 1. The fourth-order valence-corrected chi connectivity index (χ4v) is 1.89. The molecule has 0 aliphatic carbocycles. The largest absolute Gasteiger partial charge is 0.326 e. The van der Waals surface area contributed by atoms with E-state index in [1.54, 1.807) is 0 Å². The zero-order valence-corrected chi connectivity index (χ0v) is 11.0. The molecule has 1 unspecified atom stereocenters. The number of benzene rings is 2. The van der Waals surface area contributed by atoms with Crippen molar-refractivity contribution in [2.45, 2.75) is 19.4 Å². The number of nitrogens with two attached hydrogens (primary N) is 1. The molecule has 0 saturated carbocycles. The number of rotatable bonds is 4. The van der Waals surface area contributed by atoms with E-state index in [9.17, 15) is 4.79 Å². The van der Waals surface area contributed by atoms with E-state index in [1.807, 2.05) is 61.5 Å². The van der Waals surface area contributed by atoms with E-state index < -0.39 is 0 Å². The van der Waals surface area contributed by atoms with Crippen molar-refractivity contribution in [2.75, 3.05) is 5.32 Å². The van der Waals surface area contributed by atoms with E-state index in [0.717, 1.165) is 16.8 Å². The molecule has 0 radical (unpaired) electrons. The lowest BCUT2D eigenvalue weighted by molar-refractivity contribution is -0.115. The van der Waals surface area contributed by atoms with Gasteiger partial charge in [-0.1, -0.05) is 42.5 Å². The van der Waals surface area contributed by atoms with Crippen LogP contribution in [-0.4, -0.2) is 5.91 Å². The second-order valence-corrected chi connectivity index (χ2v) is 4.62. The minimum atomic E-state index is -0.0361. The third kappa shape index (κ3) is 3.93. The van der Waals surface area contributed by atoms with Crippen LogP contribution in [0.3, 0.4) is 0 Å². The molecule has 2 rings (SSSR count). The molecule has 0 heterocycles. The standard InChI is InChI=1S/C16H18N2O/c1-12(17)14-8-5-9-15(11-14)18-16(19)10-13-6-3-2-4-7-13/h2-9,11-12H,10,17H2,1H3,(H,18,19). The fourth-order valence-electron chi connectivity index (χ4n) is 1.89. The smallest absolute Gasteiger partial charge is 0.228 e. The van der Waals surface area contributed by atoms with Crippen LogP contribution in [0.4, 0.5) is 5.69 Å². The van der Waals surface area contributed by atoms with Gasteiger partial charge in [0.25, 0.3) is 0 Å². The maximum Gasteiger partial charge on any atom is 0.228 e. The van der Waals surface area contributed by atoms with E-state index in [2.05, 4.69) is 5.32 Å². The normalized spacial score (nSPS) is 11.9. The van der Waals surface area contributed by atoms with Gasteiger partial charge in [-0.2, -0.15) is 0 Å². The molecule has 19 heavy (non-hydrogen) atoms. The molecule has 3 heteroatoms. The predicted octanol–water partition coefficient (Wildman–Crippen LogP) is 2.89. The monoisotopic (exact) mass is 254 g/mol. The summed E-state index contributed by atoms with van der Waals surface area (Å²) in [4.78, 5) is 11.9. The summed E-state index contributed by atoms with van der Waals surface area (Å²) in [7, 11) is 0. The third-order valence-electron chi connectivity index (χ3n) is 2.90. The molecule has 0 fully saturated rings. The summed E-state index contributed by atoms with van der Waals surface area (Å²) in [5.41, 5.74) is 8.63. The number of anilines is 1. The Morgan fingerprint density at radius 1 is 1.16 bits per heavy atom. The Bertz CT molecular complexity index is 550. The van der Waals surface area contributed by atoms with Gasteiger partial charge in [0, 0.05) is 11.7 Å². The number of hydrogen-bond donors (Lipinski definition) is 2. The van der Waals surface area contributed by atoms with Crippen LogP contribution >= 0.6 is 0 Å². The summed E-state index contributed by atoms with van der Waals surface area (Å²) >= 11 is 0. The van der Waals surface area contributed by atoms with Crippen LogP contribution in [0.25, 0.3) is 0 Å². The van der Waals surface area contributed by atoms with Crippen molar-refractivity contribution in [1.82, 2.24) is 0 Å². The summed E-state index contributed by atoms with van der Waals surface area (Å²) < 4.78 is 0. The molecule has 3 nitrogen and oxygen atoms in total. The Morgan fingerprint density at radius 2 is 1.89 bits per heavy atom. The number of hydrogen-bond acceptors (Lipinski definition) is 2. The van der Waals surface area contributed by atoms with Crippen molar-refractivity contribution in [1.29, 1.82) is 0 Å². The molecule has 0 aliphatic heterocycles. The Morgan fingerprint density at radius 3 is 2.58 bits per heavy atom. The van der Waals surface area contributed by atoms with Gasteiger partial charge in [-0.25, -0.2) is 0 Å². The number of carbonyl (C=O) groups excluding carboxylic acids is 1. The van der Waals surface area contributed by atoms with Crippen molar-refractivity contribution in [3.63, 3.8) is 0 Å². The van der Waals surface area contributed by atoms with Gasteiger partial charge in [0.2, 0.25) is 5.91 Å². The highest BCUT2D eigenvalue weighted by Crippen LogP contribution is 2.15. The van der Waals surface area contributed by atoms with Gasteiger partial charge in [-0.3, -0.25) is 4.79 Å². The van der Waals surface area contributed by atoms with E-state index in [1.165, 1.54) is 0 Å². The Hall–Kier alpha value is -2.13. The van der Waals surface area contributed by atoms with E-state index in [0.29, 0.717) is 6.42 Å². The lowest BCUT2D eigenvalue weighted by atomic mass is 10.1. The predicted molar refractivity (Wildman–Crippen MR) is 77.8 cm³/mol. The molecule has 0 aliphatic rings. The highest BCUT2D eigenvalue weighted by atomic mass is 16.1. The first-order chi connectivity index (χ1) is 9.15. The van der Waals surface area contributed by atoms with Gasteiger partial charge in [-0.15, -0.1) is 0 Å². The molecule has 1 amide bonds. The first-order valence-electron chi connectivity index (χ1n) is 6.34. The molecule has 0 spiro atoms. The van der Waals surface area contributed by atoms with Gasteiger partial charge in [0.05, 0.1) is 6.42 Å². The average Bonchev–Trinajstić information content (AvgIpc) is 2.40. The zero-order valence-electron chi connectivity index (χ0n) is 11.0. The fraction of sp³-hybridized carbons (Fsp3) is 0.188.